The second-order valence-electron chi connectivity index (χ2n) is 9.47. The Hall–Kier alpha value is -3.84. The molecular weight excluding hydrogens is 508 g/mol. The van der Waals surface area contributed by atoms with Crippen molar-refractivity contribution >= 4 is 46.0 Å². The maximum Gasteiger partial charge on any atom is 0.347 e. The SMILES string of the molecule is Cc1nc(Nc2nc3c(c(N(C4CCNCC4)C(C)C(=O)O)n2)CCN3Cc2cccnc2)sc1C(=O)O. The molecule has 0 bridgehead atoms. The van der Waals surface area contributed by atoms with Crippen molar-refractivity contribution in [1.82, 2.24) is 25.3 Å². The van der Waals surface area contributed by atoms with Crippen LogP contribution >= 0.6 is 11.3 Å². The molecule has 2 aliphatic heterocycles. The lowest BCUT2D eigenvalue weighted by Gasteiger charge is -2.39. The van der Waals surface area contributed by atoms with Crippen LogP contribution in [0.4, 0.5) is 22.7 Å². The fraction of sp³-hybridized carbons (Fsp3) is 0.440. The number of hydrogen-bond donors (Lipinski definition) is 4. The van der Waals surface area contributed by atoms with Crippen LogP contribution in [0.1, 0.15) is 46.3 Å². The van der Waals surface area contributed by atoms with Gasteiger partial charge in [0.1, 0.15) is 22.6 Å². The van der Waals surface area contributed by atoms with Gasteiger partial charge in [-0.3, -0.25) is 10.3 Å². The largest absolute Gasteiger partial charge is 0.480 e. The van der Waals surface area contributed by atoms with Crippen LogP contribution in [0.2, 0.25) is 0 Å². The molecule has 38 heavy (non-hydrogen) atoms. The van der Waals surface area contributed by atoms with Crippen molar-refractivity contribution in [3.63, 3.8) is 0 Å². The molecule has 5 heterocycles. The molecule has 12 nitrogen and oxygen atoms in total. The van der Waals surface area contributed by atoms with Crippen molar-refractivity contribution < 1.29 is 19.8 Å². The number of nitrogens with zero attached hydrogens (tertiary/aromatic N) is 6. The smallest absolute Gasteiger partial charge is 0.347 e. The third-order valence-corrected chi connectivity index (χ3v) is 7.98. The Kier molecular flexibility index (Phi) is 7.38. The van der Waals surface area contributed by atoms with E-state index in [0.29, 0.717) is 36.2 Å². The van der Waals surface area contributed by atoms with Gasteiger partial charge >= 0.3 is 11.9 Å². The van der Waals surface area contributed by atoms with Crippen LogP contribution in [0.25, 0.3) is 0 Å². The van der Waals surface area contributed by atoms with E-state index in [-0.39, 0.29) is 16.9 Å². The van der Waals surface area contributed by atoms with E-state index >= 15 is 0 Å². The Bertz CT molecular complexity index is 1330. The van der Waals surface area contributed by atoms with Crippen LogP contribution in [-0.2, 0) is 17.8 Å². The average Bonchev–Trinajstić information content (AvgIpc) is 3.48. The van der Waals surface area contributed by atoms with Crippen molar-refractivity contribution in [1.29, 1.82) is 0 Å². The van der Waals surface area contributed by atoms with E-state index < -0.39 is 18.0 Å². The number of pyridine rings is 1. The molecule has 1 unspecified atom stereocenters. The zero-order valence-electron chi connectivity index (χ0n) is 21.2. The zero-order valence-corrected chi connectivity index (χ0v) is 22.0. The number of carboxylic acid groups (broad SMARTS) is 2. The number of fused-ring (bicyclic) bond motifs is 1. The lowest BCUT2D eigenvalue weighted by Crippen LogP contribution is -2.51. The Morgan fingerprint density at radius 2 is 2.05 bits per heavy atom. The van der Waals surface area contributed by atoms with Crippen molar-refractivity contribution in [2.24, 2.45) is 0 Å². The van der Waals surface area contributed by atoms with Crippen LogP contribution in [0.3, 0.4) is 0 Å². The Balaban J connectivity index is 1.59. The number of aryl methyl sites for hydroxylation is 1. The average molecular weight is 539 g/mol. The van der Waals surface area contributed by atoms with Gasteiger partial charge in [-0.2, -0.15) is 9.97 Å². The third kappa shape index (κ3) is 5.24. The molecule has 200 valence electrons. The normalized spacial score (nSPS) is 16.2. The van der Waals surface area contributed by atoms with Crippen LogP contribution < -0.4 is 20.4 Å². The molecule has 3 aromatic heterocycles. The van der Waals surface area contributed by atoms with Crippen molar-refractivity contribution in [2.45, 2.75) is 51.7 Å². The van der Waals surface area contributed by atoms with E-state index in [1.807, 2.05) is 23.2 Å². The highest BCUT2D eigenvalue weighted by Gasteiger charge is 2.36. The molecule has 13 heteroatoms. The molecule has 0 saturated carbocycles. The minimum Gasteiger partial charge on any atom is -0.480 e. The van der Waals surface area contributed by atoms with Gasteiger partial charge in [-0.1, -0.05) is 17.4 Å². The summed E-state index contributed by atoms with van der Waals surface area (Å²) in [6.45, 7) is 6.24. The summed E-state index contributed by atoms with van der Waals surface area (Å²) >= 11 is 1.01. The molecule has 1 fully saturated rings. The first kappa shape index (κ1) is 25.8. The zero-order chi connectivity index (χ0) is 26.8. The summed E-state index contributed by atoms with van der Waals surface area (Å²) in [5.41, 5.74) is 2.35. The molecule has 4 N–H and O–H groups in total. The molecule has 1 saturated heterocycles. The van der Waals surface area contributed by atoms with Gasteiger partial charge in [0.15, 0.2) is 5.13 Å². The van der Waals surface area contributed by atoms with Crippen LogP contribution in [0.15, 0.2) is 24.5 Å². The number of aromatic carboxylic acids is 1. The van der Waals surface area contributed by atoms with E-state index in [1.54, 1.807) is 20.0 Å². The number of carbonyl (C=O) groups is 2. The number of piperidine rings is 1. The molecule has 0 radical (unpaired) electrons. The number of nitrogens with one attached hydrogen (secondary N) is 2. The topological polar surface area (TPSA) is 157 Å². The van der Waals surface area contributed by atoms with Gasteiger partial charge < -0.3 is 25.3 Å². The highest BCUT2D eigenvalue weighted by molar-refractivity contribution is 7.17. The number of anilines is 4. The fourth-order valence-corrected chi connectivity index (χ4v) is 5.85. The first-order chi connectivity index (χ1) is 18.3. The summed E-state index contributed by atoms with van der Waals surface area (Å²) in [7, 11) is 0. The standard InChI is InChI=1S/C25H30N8O4S/c1-14-19(23(36)37)38-25(28-14)31-24-29-20-18(7-11-32(20)13-16-4-3-8-27-12-16)21(30-24)33(15(2)22(34)35)17-5-9-26-10-6-17/h3-4,8,12,15,17,26H,5-7,9-11,13H2,1-2H3,(H,34,35)(H,36,37)(H,28,29,30,31). The molecule has 0 amide bonds. The van der Waals surface area contributed by atoms with Crippen LogP contribution in [-0.4, -0.2) is 73.8 Å². The molecule has 2 aliphatic rings. The molecule has 0 aliphatic carbocycles. The quantitative estimate of drug-likeness (QED) is 0.316. The lowest BCUT2D eigenvalue weighted by atomic mass is 10.0. The predicted molar refractivity (Wildman–Crippen MR) is 144 cm³/mol. The van der Waals surface area contributed by atoms with Gasteiger partial charge in [0.25, 0.3) is 0 Å². The molecular formula is C25H30N8O4S. The number of aliphatic carboxylic acids is 1. The second kappa shape index (κ2) is 10.9. The van der Waals surface area contributed by atoms with E-state index in [1.165, 1.54) is 0 Å². The summed E-state index contributed by atoms with van der Waals surface area (Å²) in [6, 6.07) is 3.11. The summed E-state index contributed by atoms with van der Waals surface area (Å²) in [5, 5.41) is 26.3. The van der Waals surface area contributed by atoms with Gasteiger partial charge in [-0.15, -0.1) is 0 Å². The summed E-state index contributed by atoms with van der Waals surface area (Å²) in [6.07, 6.45) is 5.82. The summed E-state index contributed by atoms with van der Waals surface area (Å²) in [4.78, 5) is 46.2. The van der Waals surface area contributed by atoms with Gasteiger partial charge in [-0.25, -0.2) is 14.6 Å². The van der Waals surface area contributed by atoms with Gasteiger partial charge in [0.05, 0.1) is 5.69 Å². The second-order valence-corrected chi connectivity index (χ2v) is 10.5. The summed E-state index contributed by atoms with van der Waals surface area (Å²) < 4.78 is 0. The Morgan fingerprint density at radius 1 is 1.26 bits per heavy atom. The van der Waals surface area contributed by atoms with Gasteiger partial charge in [0, 0.05) is 37.1 Å². The first-order valence-electron chi connectivity index (χ1n) is 12.6. The molecule has 5 rings (SSSR count). The minimum absolute atomic E-state index is 0.00212. The number of rotatable bonds is 9. The number of thiazole rings is 1. The van der Waals surface area contributed by atoms with Crippen molar-refractivity contribution in [3.8, 4) is 0 Å². The summed E-state index contributed by atoms with van der Waals surface area (Å²) in [5.74, 6) is -0.390. The molecule has 1 atom stereocenters. The first-order valence-corrected chi connectivity index (χ1v) is 13.4. The Morgan fingerprint density at radius 3 is 2.71 bits per heavy atom. The van der Waals surface area contributed by atoms with E-state index in [0.717, 1.165) is 54.2 Å². The number of carboxylic acids is 2. The highest BCUT2D eigenvalue weighted by Crippen LogP contribution is 2.38. The minimum atomic E-state index is -1.04. The third-order valence-electron chi connectivity index (χ3n) is 6.92. The van der Waals surface area contributed by atoms with E-state index in [9.17, 15) is 19.8 Å². The number of aromatic nitrogens is 4. The van der Waals surface area contributed by atoms with Crippen LogP contribution in [0, 0.1) is 6.92 Å². The fourth-order valence-electron chi connectivity index (χ4n) is 5.05. The van der Waals surface area contributed by atoms with E-state index in [4.69, 9.17) is 9.97 Å². The molecule has 3 aromatic rings. The Labute approximate surface area is 223 Å². The molecule has 0 aromatic carbocycles. The predicted octanol–water partition coefficient (Wildman–Crippen LogP) is 2.67. The van der Waals surface area contributed by atoms with Gasteiger partial charge in [0.2, 0.25) is 5.95 Å². The monoisotopic (exact) mass is 538 g/mol. The maximum absolute atomic E-state index is 12.2. The number of hydrogen-bond acceptors (Lipinski definition) is 11. The van der Waals surface area contributed by atoms with Crippen molar-refractivity contribution in [2.75, 3.05) is 34.8 Å². The van der Waals surface area contributed by atoms with E-state index in [2.05, 4.69) is 25.5 Å². The van der Waals surface area contributed by atoms with Gasteiger partial charge in [-0.05, 0) is 57.8 Å². The van der Waals surface area contributed by atoms with Crippen LogP contribution in [0.5, 0.6) is 0 Å². The maximum atomic E-state index is 12.2. The van der Waals surface area contributed by atoms with Crippen molar-refractivity contribution in [3.05, 3.63) is 46.2 Å². The molecule has 0 spiro atoms. The highest BCUT2D eigenvalue weighted by atomic mass is 32.1. The lowest BCUT2D eigenvalue weighted by molar-refractivity contribution is -0.138.